The van der Waals surface area contributed by atoms with Crippen LogP contribution in [0.15, 0.2) is 22.7 Å². The van der Waals surface area contributed by atoms with Gasteiger partial charge < -0.3 is 10.2 Å². The third kappa shape index (κ3) is 5.49. The van der Waals surface area contributed by atoms with Gasteiger partial charge >= 0.3 is 0 Å². The minimum Gasteiger partial charge on any atom is -0.386 e. The fourth-order valence-electron chi connectivity index (χ4n) is 1.01. The third-order valence-corrected chi connectivity index (χ3v) is 3.19. The maximum absolute atomic E-state index is 11.4. The number of carbonyl (C=O) groups excluding carboxylic acids is 1. The molecule has 1 rings (SSSR count). The largest absolute Gasteiger partial charge is 0.386 e. The molecule has 0 saturated heterocycles. The Morgan fingerprint density at radius 3 is 2.94 bits per heavy atom. The van der Waals surface area contributed by atoms with Gasteiger partial charge in [0.2, 0.25) is 0 Å². The second-order valence-electron chi connectivity index (χ2n) is 4.12. The highest BCUT2D eigenvalue weighted by Crippen LogP contribution is 2.04. The Balaban J connectivity index is 2.20. The Labute approximate surface area is 106 Å². The van der Waals surface area contributed by atoms with E-state index in [1.165, 1.54) is 0 Å². The summed E-state index contributed by atoms with van der Waals surface area (Å²) in [5.41, 5.74) is 0. The van der Waals surface area contributed by atoms with Crippen LogP contribution in [0.5, 0.6) is 0 Å². The van der Waals surface area contributed by atoms with Crippen LogP contribution in [0.4, 0.5) is 0 Å². The highest BCUT2D eigenvalue weighted by molar-refractivity contribution is 7.11. The van der Waals surface area contributed by atoms with Gasteiger partial charge in [-0.25, -0.2) is 0 Å². The molecule has 1 heterocycles. The van der Waals surface area contributed by atoms with E-state index in [4.69, 9.17) is 4.84 Å². The van der Waals surface area contributed by atoms with E-state index in [1.807, 2.05) is 24.4 Å². The van der Waals surface area contributed by atoms with Crippen LogP contribution in [0.2, 0.25) is 0 Å². The van der Waals surface area contributed by atoms with Crippen LogP contribution >= 0.6 is 11.3 Å². The lowest BCUT2D eigenvalue weighted by molar-refractivity contribution is -0.126. The molecule has 1 amide bonds. The number of amides is 1. The van der Waals surface area contributed by atoms with E-state index < -0.39 is 0 Å². The van der Waals surface area contributed by atoms with Crippen molar-refractivity contribution in [2.24, 2.45) is 11.1 Å². The maximum atomic E-state index is 11.4. The van der Waals surface area contributed by atoms with E-state index >= 15 is 0 Å². The van der Waals surface area contributed by atoms with Crippen molar-refractivity contribution in [1.82, 2.24) is 5.32 Å². The number of oxime groups is 1. The van der Waals surface area contributed by atoms with Crippen LogP contribution < -0.4 is 5.32 Å². The maximum Gasteiger partial charge on any atom is 0.260 e. The zero-order valence-electron chi connectivity index (χ0n) is 10.3. The molecule has 17 heavy (non-hydrogen) atoms. The van der Waals surface area contributed by atoms with E-state index in [0.717, 1.165) is 4.88 Å². The SMILES string of the molecule is CC(C)C(C)NC(=O)CO/N=C/c1cccs1. The monoisotopic (exact) mass is 254 g/mol. The zero-order chi connectivity index (χ0) is 12.7. The minimum absolute atomic E-state index is 0.0427. The van der Waals surface area contributed by atoms with Crippen LogP contribution in [0.3, 0.4) is 0 Å². The molecule has 1 aromatic heterocycles. The Bertz CT molecular complexity index is 361. The molecular formula is C12H18N2O2S. The van der Waals surface area contributed by atoms with Crippen LogP contribution in [-0.2, 0) is 9.63 Å². The number of rotatable bonds is 6. The van der Waals surface area contributed by atoms with Gasteiger partial charge in [-0.2, -0.15) is 0 Å². The molecule has 0 radical (unpaired) electrons. The van der Waals surface area contributed by atoms with Crippen molar-refractivity contribution in [3.05, 3.63) is 22.4 Å². The smallest absolute Gasteiger partial charge is 0.260 e. The Hall–Kier alpha value is -1.36. The zero-order valence-corrected chi connectivity index (χ0v) is 11.2. The summed E-state index contributed by atoms with van der Waals surface area (Å²) in [5, 5.41) is 8.53. The summed E-state index contributed by atoms with van der Waals surface area (Å²) in [6.45, 7) is 6.04. The fraction of sp³-hybridized carbons (Fsp3) is 0.500. The molecule has 0 aliphatic carbocycles. The average Bonchev–Trinajstić information content (AvgIpc) is 2.77. The number of hydrogen-bond donors (Lipinski definition) is 1. The van der Waals surface area contributed by atoms with Gasteiger partial charge in [0.05, 0.1) is 6.21 Å². The lowest BCUT2D eigenvalue weighted by atomic mass is 10.1. The first-order chi connectivity index (χ1) is 8.09. The van der Waals surface area contributed by atoms with E-state index in [1.54, 1.807) is 17.6 Å². The Kier molecular flexibility index (Phi) is 5.69. The number of nitrogens with one attached hydrogen (secondary N) is 1. The summed E-state index contributed by atoms with van der Waals surface area (Å²) < 4.78 is 0. The van der Waals surface area contributed by atoms with Gasteiger partial charge in [-0.1, -0.05) is 25.1 Å². The molecule has 5 heteroatoms. The van der Waals surface area contributed by atoms with Crippen molar-refractivity contribution in [3.63, 3.8) is 0 Å². The highest BCUT2D eigenvalue weighted by Gasteiger charge is 2.10. The predicted molar refractivity (Wildman–Crippen MR) is 70.3 cm³/mol. The summed E-state index contributed by atoms with van der Waals surface area (Å²) in [7, 11) is 0. The standard InChI is InChI=1S/C12H18N2O2S/c1-9(2)10(3)14-12(15)8-16-13-7-11-5-4-6-17-11/h4-7,9-10H,8H2,1-3H3,(H,14,15)/b13-7+. The summed E-state index contributed by atoms with van der Waals surface area (Å²) in [6.07, 6.45) is 1.60. The predicted octanol–water partition coefficient (Wildman–Crippen LogP) is 2.26. The minimum atomic E-state index is -0.144. The van der Waals surface area contributed by atoms with Crippen LogP contribution in [0, 0.1) is 5.92 Å². The number of thiophene rings is 1. The molecule has 1 N–H and O–H groups in total. The van der Waals surface area contributed by atoms with E-state index in [9.17, 15) is 4.79 Å². The molecule has 4 nitrogen and oxygen atoms in total. The summed E-state index contributed by atoms with van der Waals surface area (Å²) in [6, 6.07) is 4.01. The van der Waals surface area contributed by atoms with Crippen LogP contribution in [-0.4, -0.2) is 24.8 Å². The van der Waals surface area contributed by atoms with Crippen molar-refractivity contribution in [2.45, 2.75) is 26.8 Å². The summed E-state index contributed by atoms with van der Waals surface area (Å²) in [4.78, 5) is 17.3. The molecule has 0 spiro atoms. The Morgan fingerprint density at radius 1 is 1.59 bits per heavy atom. The molecule has 1 atom stereocenters. The molecule has 94 valence electrons. The highest BCUT2D eigenvalue weighted by atomic mass is 32.1. The second-order valence-corrected chi connectivity index (χ2v) is 5.10. The molecule has 0 saturated carbocycles. The van der Waals surface area contributed by atoms with Crippen LogP contribution in [0.1, 0.15) is 25.6 Å². The van der Waals surface area contributed by atoms with Gasteiger partial charge in [0, 0.05) is 10.9 Å². The molecule has 1 aromatic rings. The van der Waals surface area contributed by atoms with Gasteiger partial charge in [-0.3, -0.25) is 4.79 Å². The molecule has 0 aliphatic heterocycles. The summed E-state index contributed by atoms with van der Waals surface area (Å²) >= 11 is 1.57. The Morgan fingerprint density at radius 2 is 2.35 bits per heavy atom. The molecule has 0 bridgehead atoms. The number of carbonyl (C=O) groups is 1. The first-order valence-corrected chi connectivity index (χ1v) is 6.45. The van der Waals surface area contributed by atoms with E-state index in [2.05, 4.69) is 24.3 Å². The van der Waals surface area contributed by atoms with Crippen molar-refractivity contribution < 1.29 is 9.63 Å². The second kappa shape index (κ2) is 7.06. The number of hydrogen-bond acceptors (Lipinski definition) is 4. The van der Waals surface area contributed by atoms with Gasteiger partial charge in [0.1, 0.15) is 0 Å². The topological polar surface area (TPSA) is 50.7 Å². The van der Waals surface area contributed by atoms with Crippen molar-refractivity contribution >= 4 is 23.5 Å². The molecule has 1 unspecified atom stereocenters. The molecular weight excluding hydrogens is 236 g/mol. The fourth-order valence-corrected chi connectivity index (χ4v) is 1.59. The quantitative estimate of drug-likeness (QED) is 0.625. The normalized spacial score (nSPS) is 12.9. The van der Waals surface area contributed by atoms with Gasteiger partial charge in [-0.05, 0) is 24.3 Å². The molecule has 0 fully saturated rings. The molecule has 0 aliphatic rings. The van der Waals surface area contributed by atoms with Crippen molar-refractivity contribution in [1.29, 1.82) is 0 Å². The lowest BCUT2D eigenvalue weighted by Gasteiger charge is -2.16. The first kappa shape index (κ1) is 13.7. The summed E-state index contributed by atoms with van der Waals surface area (Å²) in [5.74, 6) is 0.267. The lowest BCUT2D eigenvalue weighted by Crippen LogP contribution is -2.38. The van der Waals surface area contributed by atoms with Crippen molar-refractivity contribution in [2.75, 3.05) is 6.61 Å². The van der Waals surface area contributed by atoms with Crippen molar-refractivity contribution in [3.8, 4) is 0 Å². The number of nitrogens with zero attached hydrogens (tertiary/aromatic N) is 1. The molecule has 0 aromatic carbocycles. The van der Waals surface area contributed by atoms with Crippen LogP contribution in [0.25, 0.3) is 0 Å². The van der Waals surface area contributed by atoms with Gasteiger partial charge in [0.25, 0.3) is 5.91 Å². The van der Waals surface area contributed by atoms with Gasteiger partial charge in [-0.15, -0.1) is 11.3 Å². The first-order valence-electron chi connectivity index (χ1n) is 5.58. The van der Waals surface area contributed by atoms with Gasteiger partial charge in [0.15, 0.2) is 6.61 Å². The average molecular weight is 254 g/mol. The van der Waals surface area contributed by atoms with E-state index in [-0.39, 0.29) is 18.6 Å². The third-order valence-electron chi connectivity index (χ3n) is 2.38. The van der Waals surface area contributed by atoms with E-state index in [0.29, 0.717) is 5.92 Å².